The molecular formula is C16H23NO4S. The van der Waals surface area contributed by atoms with Gasteiger partial charge in [0.2, 0.25) is 10.0 Å². The van der Waals surface area contributed by atoms with Gasteiger partial charge in [-0.2, -0.15) is 4.31 Å². The number of Topliss-reactive ketones (excluding diaryl/α,β-unsaturated/α-hetero) is 1. The SMILES string of the molecule is CCC(=O)C1CCCCN1S(=O)(=O)c1cccc(COC)c1. The predicted octanol–water partition coefficient (Wildman–Crippen LogP) is 2.36. The molecule has 1 aliphatic rings. The van der Waals surface area contributed by atoms with Crippen molar-refractivity contribution in [1.29, 1.82) is 0 Å². The lowest BCUT2D eigenvalue weighted by molar-refractivity contribution is -0.123. The average Bonchev–Trinajstić information content (AvgIpc) is 2.54. The van der Waals surface area contributed by atoms with E-state index in [2.05, 4.69) is 0 Å². The molecule has 0 amide bonds. The first-order chi connectivity index (χ1) is 10.5. The third-order valence-electron chi connectivity index (χ3n) is 3.99. The summed E-state index contributed by atoms with van der Waals surface area (Å²) in [4.78, 5) is 12.3. The third-order valence-corrected chi connectivity index (χ3v) is 5.89. The Morgan fingerprint density at radius 2 is 2.14 bits per heavy atom. The summed E-state index contributed by atoms with van der Waals surface area (Å²) >= 11 is 0. The average molecular weight is 325 g/mol. The van der Waals surface area contributed by atoms with E-state index in [9.17, 15) is 13.2 Å². The van der Waals surface area contributed by atoms with Crippen LogP contribution in [0.1, 0.15) is 38.2 Å². The number of benzene rings is 1. The molecule has 22 heavy (non-hydrogen) atoms. The van der Waals surface area contributed by atoms with Crippen molar-refractivity contribution in [2.45, 2.75) is 50.2 Å². The molecule has 1 saturated heterocycles. The van der Waals surface area contributed by atoms with Gasteiger partial charge in [-0.25, -0.2) is 8.42 Å². The Kier molecular flexibility index (Phi) is 5.72. The van der Waals surface area contributed by atoms with E-state index in [1.807, 2.05) is 6.07 Å². The quantitative estimate of drug-likeness (QED) is 0.805. The van der Waals surface area contributed by atoms with E-state index in [1.165, 1.54) is 4.31 Å². The molecule has 1 aromatic carbocycles. The Balaban J connectivity index is 2.35. The monoisotopic (exact) mass is 325 g/mol. The van der Waals surface area contributed by atoms with Crippen LogP contribution in [0.5, 0.6) is 0 Å². The van der Waals surface area contributed by atoms with Gasteiger partial charge in [-0.05, 0) is 30.5 Å². The van der Waals surface area contributed by atoms with Crippen LogP contribution in [-0.2, 0) is 26.2 Å². The molecule has 0 spiro atoms. The summed E-state index contributed by atoms with van der Waals surface area (Å²) in [6.45, 7) is 2.55. The number of piperidine rings is 1. The van der Waals surface area contributed by atoms with Gasteiger partial charge in [0.25, 0.3) is 0 Å². The summed E-state index contributed by atoms with van der Waals surface area (Å²) < 4.78 is 32.3. The summed E-state index contributed by atoms with van der Waals surface area (Å²) in [6.07, 6.45) is 2.67. The fourth-order valence-electron chi connectivity index (χ4n) is 2.85. The van der Waals surface area contributed by atoms with Crippen molar-refractivity contribution in [2.24, 2.45) is 0 Å². The van der Waals surface area contributed by atoms with E-state index in [4.69, 9.17) is 4.74 Å². The normalized spacial score (nSPS) is 20.0. The molecule has 1 aromatic rings. The highest BCUT2D eigenvalue weighted by molar-refractivity contribution is 7.89. The molecule has 1 aliphatic heterocycles. The first-order valence-electron chi connectivity index (χ1n) is 7.63. The fraction of sp³-hybridized carbons (Fsp3) is 0.562. The molecule has 0 saturated carbocycles. The number of carbonyl (C=O) groups is 1. The van der Waals surface area contributed by atoms with Gasteiger partial charge < -0.3 is 4.74 Å². The smallest absolute Gasteiger partial charge is 0.243 e. The second-order valence-electron chi connectivity index (χ2n) is 5.53. The second kappa shape index (κ2) is 7.35. The maximum atomic E-state index is 12.9. The third kappa shape index (κ3) is 3.56. The lowest BCUT2D eigenvalue weighted by Crippen LogP contribution is -2.47. The Bertz CT molecular complexity index is 627. The van der Waals surface area contributed by atoms with E-state index in [1.54, 1.807) is 32.2 Å². The second-order valence-corrected chi connectivity index (χ2v) is 7.42. The van der Waals surface area contributed by atoms with E-state index in [0.717, 1.165) is 18.4 Å². The maximum Gasteiger partial charge on any atom is 0.243 e. The first kappa shape index (κ1) is 17.1. The van der Waals surface area contributed by atoms with Gasteiger partial charge >= 0.3 is 0 Å². The largest absolute Gasteiger partial charge is 0.380 e. The number of ketones is 1. The Morgan fingerprint density at radius 1 is 1.36 bits per heavy atom. The number of carbonyl (C=O) groups excluding carboxylic acids is 1. The van der Waals surface area contributed by atoms with E-state index in [0.29, 0.717) is 26.0 Å². The van der Waals surface area contributed by atoms with Gasteiger partial charge in [-0.3, -0.25) is 4.79 Å². The number of nitrogens with zero attached hydrogens (tertiary/aromatic N) is 1. The molecule has 0 N–H and O–H groups in total. The molecule has 1 atom stereocenters. The minimum atomic E-state index is -3.65. The van der Waals surface area contributed by atoms with Crippen molar-refractivity contribution in [3.05, 3.63) is 29.8 Å². The zero-order valence-electron chi connectivity index (χ0n) is 13.1. The topological polar surface area (TPSA) is 63.7 Å². The van der Waals surface area contributed by atoms with Gasteiger partial charge in [0, 0.05) is 20.1 Å². The molecule has 0 radical (unpaired) electrons. The first-order valence-corrected chi connectivity index (χ1v) is 9.07. The molecule has 0 aliphatic carbocycles. The summed E-state index contributed by atoms with van der Waals surface area (Å²) in [6, 6.07) is 6.22. The maximum absolute atomic E-state index is 12.9. The van der Waals surface area contributed by atoms with Gasteiger partial charge in [0.1, 0.15) is 0 Å². The summed E-state index contributed by atoms with van der Waals surface area (Å²) in [5.74, 6) is -0.00341. The van der Waals surface area contributed by atoms with E-state index < -0.39 is 16.1 Å². The highest BCUT2D eigenvalue weighted by Crippen LogP contribution is 2.27. The highest BCUT2D eigenvalue weighted by Gasteiger charge is 2.36. The van der Waals surface area contributed by atoms with E-state index >= 15 is 0 Å². The Morgan fingerprint density at radius 3 is 2.82 bits per heavy atom. The van der Waals surface area contributed by atoms with Crippen molar-refractivity contribution >= 4 is 15.8 Å². The number of methoxy groups -OCH3 is 1. The van der Waals surface area contributed by atoms with Crippen LogP contribution in [-0.4, -0.2) is 38.2 Å². The molecule has 1 unspecified atom stereocenters. The van der Waals surface area contributed by atoms with Gasteiger partial charge in [0.05, 0.1) is 17.5 Å². The highest BCUT2D eigenvalue weighted by atomic mass is 32.2. The van der Waals surface area contributed by atoms with Crippen LogP contribution in [0.25, 0.3) is 0 Å². The van der Waals surface area contributed by atoms with Crippen LogP contribution in [0.2, 0.25) is 0 Å². The number of rotatable bonds is 6. The van der Waals surface area contributed by atoms with Crippen LogP contribution >= 0.6 is 0 Å². The molecular weight excluding hydrogens is 302 g/mol. The van der Waals surface area contributed by atoms with Crippen LogP contribution < -0.4 is 0 Å². The molecule has 0 aromatic heterocycles. The Hall–Kier alpha value is -1.24. The zero-order chi connectivity index (χ0) is 16.2. The predicted molar refractivity (Wildman–Crippen MR) is 84.0 cm³/mol. The molecule has 1 heterocycles. The summed E-state index contributed by atoms with van der Waals surface area (Å²) in [5, 5.41) is 0. The fourth-order valence-corrected chi connectivity index (χ4v) is 4.60. The number of ether oxygens (including phenoxy) is 1. The van der Waals surface area contributed by atoms with Crippen molar-refractivity contribution in [1.82, 2.24) is 4.31 Å². The van der Waals surface area contributed by atoms with Crippen LogP contribution in [0.3, 0.4) is 0 Å². The zero-order valence-corrected chi connectivity index (χ0v) is 13.9. The molecule has 6 heteroatoms. The van der Waals surface area contributed by atoms with Gasteiger partial charge in [-0.1, -0.05) is 25.5 Å². The lowest BCUT2D eigenvalue weighted by Gasteiger charge is -2.33. The van der Waals surface area contributed by atoms with Crippen molar-refractivity contribution in [3.8, 4) is 0 Å². The van der Waals surface area contributed by atoms with Gasteiger partial charge in [-0.15, -0.1) is 0 Å². The van der Waals surface area contributed by atoms with Gasteiger partial charge in [0.15, 0.2) is 5.78 Å². The number of sulfonamides is 1. The number of hydrogen-bond donors (Lipinski definition) is 0. The number of hydrogen-bond acceptors (Lipinski definition) is 4. The summed E-state index contributed by atoms with van der Waals surface area (Å²) in [7, 11) is -2.08. The standard InChI is InChI=1S/C16H23NO4S/c1-3-16(18)15-9-4-5-10-17(15)22(19,20)14-8-6-7-13(11-14)12-21-2/h6-8,11,15H,3-5,9-10,12H2,1-2H3. The Labute approximate surface area is 132 Å². The molecule has 2 rings (SSSR count). The minimum Gasteiger partial charge on any atom is -0.380 e. The van der Waals surface area contributed by atoms with Crippen molar-refractivity contribution in [3.63, 3.8) is 0 Å². The van der Waals surface area contributed by atoms with Crippen molar-refractivity contribution in [2.75, 3.05) is 13.7 Å². The van der Waals surface area contributed by atoms with E-state index in [-0.39, 0.29) is 10.7 Å². The van der Waals surface area contributed by atoms with Crippen LogP contribution in [0, 0.1) is 0 Å². The van der Waals surface area contributed by atoms with Crippen LogP contribution in [0.4, 0.5) is 0 Å². The molecule has 1 fully saturated rings. The molecule has 0 bridgehead atoms. The molecule has 5 nitrogen and oxygen atoms in total. The summed E-state index contributed by atoms with van der Waals surface area (Å²) in [5.41, 5.74) is 0.805. The molecule has 122 valence electrons. The minimum absolute atomic E-state index is 0.00341. The van der Waals surface area contributed by atoms with Crippen LogP contribution in [0.15, 0.2) is 29.2 Å². The lowest BCUT2D eigenvalue weighted by atomic mass is 10.00. The van der Waals surface area contributed by atoms with Crippen molar-refractivity contribution < 1.29 is 17.9 Å².